The van der Waals surface area contributed by atoms with Crippen molar-refractivity contribution in [2.75, 3.05) is 12.5 Å². The third-order valence-electron chi connectivity index (χ3n) is 6.94. The summed E-state index contributed by atoms with van der Waals surface area (Å²) >= 11 is 0. The van der Waals surface area contributed by atoms with Crippen LogP contribution in [0.25, 0.3) is 0 Å². The van der Waals surface area contributed by atoms with E-state index in [1.54, 1.807) is 60.9 Å². The summed E-state index contributed by atoms with van der Waals surface area (Å²) in [6.45, 7) is 3.76. The molecule has 0 saturated heterocycles. The second-order valence-electron chi connectivity index (χ2n) is 10.2. The van der Waals surface area contributed by atoms with Crippen molar-refractivity contribution in [2.24, 2.45) is 0 Å². The molecule has 208 valence electrons. The van der Waals surface area contributed by atoms with Gasteiger partial charge in [-0.3, -0.25) is 14.8 Å². The normalized spacial score (nSPS) is 13.5. The number of Topliss-reactive ketones (excluding diaryl/α,β-unsaturated/α-hetero) is 1. The molecule has 0 saturated carbocycles. The van der Waals surface area contributed by atoms with Gasteiger partial charge in [0.1, 0.15) is 5.78 Å². The Bertz CT molecular complexity index is 1570. The SMILES string of the molecule is Cc1ccc(C(Cc2ccc(S(C)(=O)=O)cc2)C(=O)C(Cc2ccc(S(C)(=O)=O)cc2)c2ccc(C)nc2)cn1. The lowest BCUT2D eigenvalue weighted by Crippen LogP contribution is -2.25. The van der Waals surface area contributed by atoms with Crippen LogP contribution in [0.3, 0.4) is 0 Å². The maximum atomic E-state index is 14.4. The monoisotopic (exact) mass is 576 g/mol. The zero-order valence-electron chi connectivity index (χ0n) is 22.9. The minimum Gasteiger partial charge on any atom is -0.298 e. The molecule has 0 N–H and O–H groups in total. The van der Waals surface area contributed by atoms with E-state index < -0.39 is 31.5 Å². The van der Waals surface area contributed by atoms with E-state index in [1.165, 1.54) is 0 Å². The van der Waals surface area contributed by atoms with Gasteiger partial charge < -0.3 is 0 Å². The van der Waals surface area contributed by atoms with Gasteiger partial charge in [-0.25, -0.2) is 16.8 Å². The van der Waals surface area contributed by atoms with Crippen LogP contribution in [0.4, 0.5) is 0 Å². The average Bonchev–Trinajstić information content (AvgIpc) is 2.91. The highest BCUT2D eigenvalue weighted by Gasteiger charge is 2.30. The third-order valence-corrected chi connectivity index (χ3v) is 9.20. The van der Waals surface area contributed by atoms with Crippen molar-refractivity contribution in [1.82, 2.24) is 9.97 Å². The van der Waals surface area contributed by atoms with Crippen molar-refractivity contribution in [3.63, 3.8) is 0 Å². The Hall–Kier alpha value is -3.69. The fraction of sp³-hybridized carbons (Fsp3) is 0.258. The van der Waals surface area contributed by atoms with E-state index in [2.05, 4.69) is 9.97 Å². The molecule has 0 bridgehead atoms. The number of carbonyl (C=O) groups excluding carboxylic acids is 1. The van der Waals surface area contributed by atoms with Gasteiger partial charge in [-0.2, -0.15) is 0 Å². The van der Waals surface area contributed by atoms with Gasteiger partial charge in [-0.05, 0) is 85.3 Å². The second kappa shape index (κ2) is 11.8. The van der Waals surface area contributed by atoms with Crippen LogP contribution >= 0.6 is 0 Å². The highest BCUT2D eigenvalue weighted by atomic mass is 32.2. The van der Waals surface area contributed by atoms with Crippen LogP contribution < -0.4 is 0 Å². The molecule has 2 unspecified atom stereocenters. The van der Waals surface area contributed by atoms with Crippen LogP contribution in [0.1, 0.15) is 45.5 Å². The number of rotatable bonds is 10. The molecule has 2 heterocycles. The van der Waals surface area contributed by atoms with Crippen LogP contribution in [0.15, 0.2) is 95.0 Å². The summed E-state index contributed by atoms with van der Waals surface area (Å²) in [7, 11) is -6.69. The van der Waals surface area contributed by atoms with Crippen molar-refractivity contribution >= 4 is 25.5 Å². The Morgan fingerprint density at radius 1 is 0.600 bits per heavy atom. The maximum Gasteiger partial charge on any atom is 0.175 e. The number of carbonyl (C=O) groups is 1. The first-order valence-corrected chi connectivity index (χ1v) is 16.6. The van der Waals surface area contributed by atoms with E-state index in [4.69, 9.17) is 0 Å². The van der Waals surface area contributed by atoms with Gasteiger partial charge >= 0.3 is 0 Å². The molecule has 2 aromatic carbocycles. The number of benzene rings is 2. The largest absolute Gasteiger partial charge is 0.298 e. The predicted octanol–water partition coefficient (Wildman–Crippen LogP) is 4.82. The number of aromatic nitrogens is 2. The summed E-state index contributed by atoms with van der Waals surface area (Å²) in [5.74, 6) is -1.15. The third kappa shape index (κ3) is 7.28. The Labute approximate surface area is 236 Å². The fourth-order valence-electron chi connectivity index (χ4n) is 4.60. The number of hydrogen-bond acceptors (Lipinski definition) is 7. The number of nitrogens with zero attached hydrogens (tertiary/aromatic N) is 2. The Morgan fingerprint density at radius 3 is 1.23 bits per heavy atom. The van der Waals surface area contributed by atoms with Gasteiger partial charge in [0, 0.05) is 48.1 Å². The standard InChI is InChI=1S/C31H32N2O5S2/c1-21-5-11-25(19-32-21)29(17-23-7-13-27(14-8-23)39(3,35)36)31(34)30(26-12-6-22(2)33-20-26)18-24-9-15-28(16-10-24)40(4,37)38/h5-16,19-20,29-30H,17-18H2,1-4H3. The zero-order chi connectivity index (χ0) is 29.1. The fourth-order valence-corrected chi connectivity index (χ4v) is 5.86. The van der Waals surface area contributed by atoms with E-state index in [-0.39, 0.29) is 15.6 Å². The van der Waals surface area contributed by atoms with E-state index >= 15 is 0 Å². The number of ketones is 1. The van der Waals surface area contributed by atoms with Gasteiger partial charge in [-0.15, -0.1) is 0 Å². The van der Waals surface area contributed by atoms with Gasteiger partial charge in [0.15, 0.2) is 19.7 Å². The van der Waals surface area contributed by atoms with E-state index in [0.717, 1.165) is 46.2 Å². The second-order valence-corrected chi connectivity index (χ2v) is 14.2. The molecule has 0 aliphatic rings. The molecule has 0 aliphatic carbocycles. The molecular formula is C31H32N2O5S2. The van der Waals surface area contributed by atoms with Crippen molar-refractivity contribution in [1.29, 1.82) is 0 Å². The Morgan fingerprint density at radius 2 is 0.950 bits per heavy atom. The number of aryl methyl sites for hydroxylation is 2. The highest BCUT2D eigenvalue weighted by Crippen LogP contribution is 2.32. The van der Waals surface area contributed by atoms with Crippen molar-refractivity contribution in [3.8, 4) is 0 Å². The molecule has 9 heteroatoms. The van der Waals surface area contributed by atoms with E-state index in [0.29, 0.717) is 12.8 Å². The van der Waals surface area contributed by atoms with Crippen molar-refractivity contribution < 1.29 is 21.6 Å². The van der Waals surface area contributed by atoms with Gasteiger partial charge in [0.2, 0.25) is 0 Å². The summed E-state index contributed by atoms with van der Waals surface area (Å²) in [6.07, 6.45) is 6.47. The molecule has 4 rings (SSSR count). The molecule has 7 nitrogen and oxygen atoms in total. The van der Waals surface area contributed by atoms with Gasteiger partial charge in [0.25, 0.3) is 0 Å². The topological polar surface area (TPSA) is 111 Å². The van der Waals surface area contributed by atoms with Crippen LogP contribution in [0, 0.1) is 13.8 Å². The first-order chi connectivity index (χ1) is 18.8. The maximum absolute atomic E-state index is 14.4. The molecule has 2 atom stereocenters. The molecule has 40 heavy (non-hydrogen) atoms. The van der Waals surface area contributed by atoms with Gasteiger partial charge in [0.05, 0.1) is 9.79 Å². The van der Waals surface area contributed by atoms with E-state index in [9.17, 15) is 21.6 Å². The first-order valence-electron chi connectivity index (χ1n) is 12.8. The van der Waals surface area contributed by atoms with Crippen molar-refractivity contribution in [3.05, 3.63) is 119 Å². The lowest BCUT2D eigenvalue weighted by molar-refractivity contribution is -0.122. The molecule has 0 aliphatic heterocycles. The summed E-state index contributed by atoms with van der Waals surface area (Å²) in [4.78, 5) is 23.7. The summed E-state index contributed by atoms with van der Waals surface area (Å²) < 4.78 is 47.8. The minimum absolute atomic E-state index is 0.0318. The summed E-state index contributed by atoms with van der Waals surface area (Å²) in [6, 6.07) is 20.7. The molecule has 4 aromatic rings. The Balaban J connectivity index is 1.74. The van der Waals surface area contributed by atoms with Crippen LogP contribution in [0.5, 0.6) is 0 Å². The van der Waals surface area contributed by atoms with Crippen LogP contribution in [0.2, 0.25) is 0 Å². The van der Waals surface area contributed by atoms with Gasteiger partial charge in [-0.1, -0.05) is 36.4 Å². The van der Waals surface area contributed by atoms with Crippen LogP contribution in [-0.4, -0.2) is 45.1 Å². The molecule has 0 amide bonds. The zero-order valence-corrected chi connectivity index (χ0v) is 24.5. The number of hydrogen-bond donors (Lipinski definition) is 0. The molecule has 0 spiro atoms. The molecule has 0 radical (unpaired) electrons. The Kier molecular flexibility index (Phi) is 8.65. The lowest BCUT2D eigenvalue weighted by Gasteiger charge is -2.24. The number of pyridine rings is 2. The quantitative estimate of drug-likeness (QED) is 0.266. The van der Waals surface area contributed by atoms with Crippen LogP contribution in [-0.2, 0) is 37.3 Å². The smallest absolute Gasteiger partial charge is 0.175 e. The summed E-state index contributed by atoms with van der Waals surface area (Å²) in [5.41, 5.74) is 4.84. The van der Waals surface area contributed by atoms with E-state index in [1.807, 2.05) is 38.1 Å². The van der Waals surface area contributed by atoms with Crippen molar-refractivity contribution in [2.45, 2.75) is 48.3 Å². The average molecular weight is 577 g/mol. The lowest BCUT2D eigenvalue weighted by atomic mass is 9.79. The summed E-state index contributed by atoms with van der Waals surface area (Å²) in [5, 5.41) is 0. The predicted molar refractivity (Wildman–Crippen MR) is 155 cm³/mol. The molecular weight excluding hydrogens is 544 g/mol. The molecule has 0 fully saturated rings. The number of sulfone groups is 2. The first kappa shape index (κ1) is 29.3. The highest BCUT2D eigenvalue weighted by molar-refractivity contribution is 7.91. The molecule has 2 aromatic heterocycles. The minimum atomic E-state index is -3.34.